The van der Waals surface area contributed by atoms with Gasteiger partial charge in [0.05, 0.1) is 19.1 Å². The Morgan fingerprint density at radius 3 is 2.46 bits per heavy atom. The van der Waals surface area contributed by atoms with Crippen LogP contribution in [-0.4, -0.2) is 52.8 Å². The van der Waals surface area contributed by atoms with Crippen LogP contribution in [0.25, 0.3) is 0 Å². The monoisotopic (exact) mass is 404 g/mol. The summed E-state index contributed by atoms with van der Waals surface area (Å²) >= 11 is 1.44. The van der Waals surface area contributed by atoms with Crippen LogP contribution in [0.2, 0.25) is 0 Å². The van der Waals surface area contributed by atoms with Crippen LogP contribution >= 0.6 is 11.3 Å². The molecule has 0 saturated carbocycles. The topological polar surface area (TPSA) is 84.0 Å². The van der Waals surface area contributed by atoms with E-state index in [1.54, 1.807) is 21.3 Å². The van der Waals surface area contributed by atoms with Crippen LogP contribution < -0.4 is 25.4 Å². The number of hydrogen-bond donors (Lipinski definition) is 3. The minimum absolute atomic E-state index is 0.0209. The lowest BCUT2D eigenvalue weighted by Crippen LogP contribution is -2.39. The minimum atomic E-state index is -0.0209. The highest BCUT2D eigenvalue weighted by Gasteiger charge is 2.06. The number of thiophene rings is 1. The summed E-state index contributed by atoms with van der Waals surface area (Å²) in [6, 6.07) is 9.61. The van der Waals surface area contributed by atoms with Crippen LogP contribution in [0.3, 0.4) is 0 Å². The van der Waals surface area contributed by atoms with Crippen molar-refractivity contribution in [1.82, 2.24) is 16.0 Å². The maximum absolute atomic E-state index is 11.8. The van der Waals surface area contributed by atoms with Gasteiger partial charge in [-0.1, -0.05) is 12.1 Å². The van der Waals surface area contributed by atoms with E-state index in [4.69, 9.17) is 9.47 Å². The number of guanidine groups is 1. The van der Waals surface area contributed by atoms with Gasteiger partial charge >= 0.3 is 0 Å². The van der Waals surface area contributed by atoms with Gasteiger partial charge in [-0.05, 0) is 42.0 Å². The number of amides is 1. The molecule has 0 aliphatic heterocycles. The average Bonchev–Trinajstić information content (AvgIpc) is 3.26. The van der Waals surface area contributed by atoms with E-state index in [1.807, 2.05) is 35.7 Å². The average molecular weight is 405 g/mol. The number of carbonyl (C=O) groups excluding carboxylic acids is 1. The van der Waals surface area contributed by atoms with E-state index in [0.29, 0.717) is 6.54 Å². The second-order valence-corrected chi connectivity index (χ2v) is 6.90. The SMILES string of the molecule is CN=C(NCCCNC(=O)c1cccs1)NCCc1ccc(OC)c(OC)c1. The van der Waals surface area contributed by atoms with E-state index in [2.05, 4.69) is 20.9 Å². The second kappa shape index (κ2) is 11.9. The summed E-state index contributed by atoms with van der Waals surface area (Å²) in [5, 5.41) is 11.3. The van der Waals surface area contributed by atoms with Crippen LogP contribution in [-0.2, 0) is 6.42 Å². The van der Waals surface area contributed by atoms with E-state index < -0.39 is 0 Å². The summed E-state index contributed by atoms with van der Waals surface area (Å²) in [6.45, 7) is 2.08. The molecule has 3 N–H and O–H groups in total. The number of nitrogens with one attached hydrogen (secondary N) is 3. The number of ether oxygens (including phenoxy) is 2. The van der Waals surface area contributed by atoms with Crippen molar-refractivity contribution in [1.29, 1.82) is 0 Å². The Kier molecular flexibility index (Phi) is 9.14. The number of aliphatic imine (C=N–C) groups is 1. The number of benzene rings is 1. The second-order valence-electron chi connectivity index (χ2n) is 5.95. The summed E-state index contributed by atoms with van der Waals surface area (Å²) in [6.07, 6.45) is 1.64. The standard InChI is InChI=1S/C20H28N4O3S/c1-21-20(23-11-5-10-22-19(25)18-6-4-13-28-18)24-12-9-15-7-8-16(26-2)17(14-15)27-3/h4,6-8,13-14H,5,9-12H2,1-3H3,(H,22,25)(H2,21,23,24). The molecule has 1 amide bonds. The molecule has 1 aromatic heterocycles. The predicted octanol–water partition coefficient (Wildman–Crippen LogP) is 2.29. The highest BCUT2D eigenvalue weighted by molar-refractivity contribution is 7.12. The number of carbonyl (C=O) groups is 1. The first-order valence-corrected chi connectivity index (χ1v) is 10.0. The Morgan fingerprint density at radius 1 is 1.04 bits per heavy atom. The predicted molar refractivity (Wildman–Crippen MR) is 114 cm³/mol. The zero-order chi connectivity index (χ0) is 20.2. The Labute approximate surface area is 170 Å². The van der Waals surface area contributed by atoms with Gasteiger partial charge in [-0.3, -0.25) is 9.79 Å². The van der Waals surface area contributed by atoms with Crippen LogP contribution in [0.5, 0.6) is 11.5 Å². The van der Waals surface area contributed by atoms with Crippen molar-refractivity contribution in [2.75, 3.05) is 40.9 Å². The summed E-state index contributed by atoms with van der Waals surface area (Å²) < 4.78 is 10.6. The van der Waals surface area contributed by atoms with E-state index in [0.717, 1.165) is 53.8 Å². The van der Waals surface area contributed by atoms with Crippen LogP contribution in [0.4, 0.5) is 0 Å². The Bertz CT molecular complexity index is 763. The summed E-state index contributed by atoms with van der Waals surface area (Å²) in [7, 11) is 5.00. The first kappa shape index (κ1) is 21.6. The zero-order valence-corrected chi connectivity index (χ0v) is 17.4. The van der Waals surface area contributed by atoms with Gasteiger partial charge in [-0.25, -0.2) is 0 Å². The molecule has 8 heteroatoms. The number of rotatable bonds is 10. The number of hydrogen-bond acceptors (Lipinski definition) is 5. The van der Waals surface area contributed by atoms with Gasteiger partial charge in [-0.15, -0.1) is 11.3 Å². The van der Waals surface area contributed by atoms with Gasteiger partial charge in [0.2, 0.25) is 0 Å². The largest absolute Gasteiger partial charge is 0.493 e. The van der Waals surface area contributed by atoms with E-state index >= 15 is 0 Å². The molecule has 0 atom stereocenters. The fraction of sp³-hybridized carbons (Fsp3) is 0.400. The molecule has 0 aliphatic carbocycles. The lowest BCUT2D eigenvalue weighted by Gasteiger charge is -2.13. The molecule has 2 aromatic rings. The quantitative estimate of drug-likeness (QED) is 0.321. The summed E-state index contributed by atoms with van der Waals surface area (Å²) in [5.74, 6) is 2.17. The van der Waals surface area contributed by atoms with Crippen molar-refractivity contribution in [3.8, 4) is 11.5 Å². The van der Waals surface area contributed by atoms with Gasteiger partial charge in [0, 0.05) is 26.7 Å². The molecule has 28 heavy (non-hydrogen) atoms. The smallest absolute Gasteiger partial charge is 0.261 e. The summed E-state index contributed by atoms with van der Waals surface area (Å²) in [5.41, 5.74) is 1.15. The van der Waals surface area contributed by atoms with Crippen molar-refractivity contribution in [2.24, 2.45) is 4.99 Å². The molecular weight excluding hydrogens is 376 g/mol. The first-order chi connectivity index (χ1) is 13.7. The zero-order valence-electron chi connectivity index (χ0n) is 16.6. The molecule has 1 aromatic carbocycles. The van der Waals surface area contributed by atoms with E-state index in [-0.39, 0.29) is 5.91 Å². The van der Waals surface area contributed by atoms with E-state index in [9.17, 15) is 4.79 Å². The van der Waals surface area contributed by atoms with Gasteiger partial charge in [0.15, 0.2) is 17.5 Å². The van der Waals surface area contributed by atoms with E-state index in [1.165, 1.54) is 11.3 Å². The molecule has 0 spiro atoms. The highest BCUT2D eigenvalue weighted by atomic mass is 32.1. The molecule has 7 nitrogen and oxygen atoms in total. The summed E-state index contributed by atoms with van der Waals surface area (Å²) in [4.78, 5) is 16.8. The van der Waals surface area contributed by atoms with Crippen molar-refractivity contribution in [2.45, 2.75) is 12.8 Å². The van der Waals surface area contributed by atoms with Gasteiger partial charge in [-0.2, -0.15) is 0 Å². The maximum Gasteiger partial charge on any atom is 0.261 e. The van der Waals surface area contributed by atoms with Crippen LogP contribution in [0, 0.1) is 0 Å². The van der Waals surface area contributed by atoms with Gasteiger partial charge < -0.3 is 25.4 Å². The number of nitrogens with zero attached hydrogens (tertiary/aromatic N) is 1. The third-order valence-corrected chi connectivity index (χ3v) is 4.92. The molecule has 0 unspecified atom stereocenters. The maximum atomic E-state index is 11.8. The van der Waals surface area contributed by atoms with Crippen molar-refractivity contribution >= 4 is 23.2 Å². The van der Waals surface area contributed by atoms with Crippen LogP contribution in [0.1, 0.15) is 21.7 Å². The molecule has 2 rings (SSSR count). The minimum Gasteiger partial charge on any atom is -0.493 e. The molecule has 0 fully saturated rings. The normalized spacial score (nSPS) is 11.0. The highest BCUT2D eigenvalue weighted by Crippen LogP contribution is 2.27. The lowest BCUT2D eigenvalue weighted by molar-refractivity contribution is 0.0957. The van der Waals surface area contributed by atoms with Gasteiger partial charge in [0.1, 0.15) is 0 Å². The molecule has 1 heterocycles. The lowest BCUT2D eigenvalue weighted by atomic mass is 10.1. The fourth-order valence-electron chi connectivity index (χ4n) is 2.57. The van der Waals surface area contributed by atoms with Crippen molar-refractivity contribution < 1.29 is 14.3 Å². The molecular formula is C20H28N4O3S. The Morgan fingerprint density at radius 2 is 1.79 bits per heavy atom. The Hall–Kier alpha value is -2.74. The first-order valence-electron chi connectivity index (χ1n) is 9.15. The molecule has 0 bridgehead atoms. The number of methoxy groups -OCH3 is 2. The molecule has 0 radical (unpaired) electrons. The van der Waals surface area contributed by atoms with Crippen molar-refractivity contribution in [3.63, 3.8) is 0 Å². The molecule has 0 aliphatic rings. The van der Waals surface area contributed by atoms with Crippen molar-refractivity contribution in [3.05, 3.63) is 46.2 Å². The Balaban J connectivity index is 1.64. The third kappa shape index (κ3) is 6.77. The van der Waals surface area contributed by atoms with Crippen LogP contribution in [0.15, 0.2) is 40.7 Å². The third-order valence-electron chi connectivity index (χ3n) is 4.05. The fourth-order valence-corrected chi connectivity index (χ4v) is 3.21. The molecule has 152 valence electrons. The molecule has 0 saturated heterocycles. The van der Waals surface area contributed by atoms with Gasteiger partial charge in [0.25, 0.3) is 5.91 Å².